The molecule has 0 radical (unpaired) electrons. The Morgan fingerprint density at radius 1 is 1.10 bits per heavy atom. The highest BCUT2D eigenvalue weighted by atomic mass is 16.3. The average molecular weight is 422 g/mol. The molecule has 168 valence electrons. The Hall–Kier alpha value is -1.58. The Balaban J connectivity index is 1.75. The number of hydrogen-bond donors (Lipinski definition) is 3. The zero-order chi connectivity index (χ0) is 22.1. The Labute approximate surface area is 187 Å². The van der Waals surface area contributed by atoms with Gasteiger partial charge in [0, 0.05) is 27.9 Å². The number of allylic oxidation sites excluding steroid dienone is 1. The summed E-state index contributed by atoms with van der Waals surface area (Å²) in [6.45, 7) is 13.6. The number of benzene rings is 1. The highest BCUT2D eigenvalue weighted by Gasteiger charge is 2.70. The number of para-hydroxylation sites is 1. The molecule has 0 amide bonds. The highest BCUT2D eigenvalue weighted by molar-refractivity contribution is 5.83. The van der Waals surface area contributed by atoms with Crippen LogP contribution in [0.1, 0.15) is 71.3 Å². The van der Waals surface area contributed by atoms with Crippen LogP contribution in [0.15, 0.2) is 42.6 Å². The van der Waals surface area contributed by atoms with Crippen LogP contribution < -0.4 is 0 Å². The van der Waals surface area contributed by atoms with Crippen molar-refractivity contribution in [2.75, 3.05) is 0 Å². The van der Waals surface area contributed by atoms with E-state index in [0.717, 1.165) is 32.1 Å². The van der Waals surface area contributed by atoms with Gasteiger partial charge in [0.1, 0.15) is 0 Å². The van der Waals surface area contributed by atoms with E-state index in [4.69, 9.17) is 0 Å². The van der Waals surface area contributed by atoms with Crippen molar-refractivity contribution in [2.45, 2.75) is 77.9 Å². The molecular weight excluding hydrogens is 382 g/mol. The third-order valence-electron chi connectivity index (χ3n) is 10.3. The Morgan fingerprint density at radius 2 is 1.84 bits per heavy atom. The summed E-state index contributed by atoms with van der Waals surface area (Å²) in [6.07, 6.45) is 6.21. The summed E-state index contributed by atoms with van der Waals surface area (Å²) < 4.78 is 0. The maximum atomic E-state index is 11.7. The molecule has 9 atom stereocenters. The summed E-state index contributed by atoms with van der Waals surface area (Å²) in [6, 6.07) is 8.61. The molecule has 3 heteroatoms. The second-order valence-electron chi connectivity index (χ2n) is 11.4. The van der Waals surface area contributed by atoms with Crippen LogP contribution in [-0.2, 0) is 0 Å². The summed E-state index contributed by atoms with van der Waals surface area (Å²) >= 11 is 0. The molecule has 3 aliphatic rings. The van der Waals surface area contributed by atoms with E-state index in [9.17, 15) is 10.2 Å². The Kier molecular flexibility index (Phi) is 4.95. The lowest BCUT2D eigenvalue weighted by Gasteiger charge is -2.70. The van der Waals surface area contributed by atoms with Gasteiger partial charge in [0.15, 0.2) is 0 Å². The van der Waals surface area contributed by atoms with E-state index in [-0.39, 0.29) is 23.0 Å². The van der Waals surface area contributed by atoms with Crippen LogP contribution in [0.2, 0.25) is 0 Å². The fourth-order valence-corrected chi connectivity index (χ4v) is 8.69. The quantitative estimate of drug-likeness (QED) is 0.518. The fourth-order valence-electron chi connectivity index (χ4n) is 8.69. The zero-order valence-electron chi connectivity index (χ0n) is 19.6. The van der Waals surface area contributed by atoms with Gasteiger partial charge in [0.05, 0.1) is 12.2 Å². The predicted octanol–water partition coefficient (Wildman–Crippen LogP) is 6.04. The third-order valence-corrected chi connectivity index (χ3v) is 10.3. The number of hydrogen-bond acceptors (Lipinski definition) is 2. The molecule has 1 unspecified atom stereocenters. The van der Waals surface area contributed by atoms with Gasteiger partial charge < -0.3 is 15.2 Å². The fraction of sp³-hybridized carbons (Fsp3) is 0.643. The van der Waals surface area contributed by atoms with Crippen molar-refractivity contribution < 1.29 is 10.2 Å². The van der Waals surface area contributed by atoms with Crippen molar-refractivity contribution in [1.82, 2.24) is 4.98 Å². The van der Waals surface area contributed by atoms with Crippen LogP contribution in [0.25, 0.3) is 10.9 Å². The maximum absolute atomic E-state index is 11.7. The van der Waals surface area contributed by atoms with Crippen LogP contribution >= 0.6 is 0 Å². The van der Waals surface area contributed by atoms with Crippen molar-refractivity contribution >= 4 is 10.9 Å². The van der Waals surface area contributed by atoms with Crippen LogP contribution in [0.5, 0.6) is 0 Å². The number of fused-ring (bicyclic) bond motifs is 1. The molecule has 3 N–H and O–H groups in total. The first-order chi connectivity index (χ1) is 14.7. The molecule has 5 rings (SSSR count). The zero-order valence-corrected chi connectivity index (χ0v) is 19.6. The van der Waals surface area contributed by atoms with E-state index in [1.54, 1.807) is 0 Å². The molecule has 3 saturated carbocycles. The molecular formula is C28H39NO2. The van der Waals surface area contributed by atoms with Crippen LogP contribution in [0, 0.1) is 34.5 Å². The van der Waals surface area contributed by atoms with Crippen molar-refractivity contribution in [3.8, 4) is 0 Å². The van der Waals surface area contributed by atoms with Crippen molar-refractivity contribution in [2.24, 2.45) is 34.5 Å². The number of aromatic nitrogens is 1. The monoisotopic (exact) mass is 421 g/mol. The molecule has 3 fully saturated rings. The number of aliphatic hydroxyl groups excluding tert-OH is 2. The van der Waals surface area contributed by atoms with Crippen LogP contribution in [0.3, 0.4) is 0 Å². The van der Waals surface area contributed by atoms with Crippen molar-refractivity contribution in [3.63, 3.8) is 0 Å². The normalized spacial score (nSPS) is 45.2. The second-order valence-corrected chi connectivity index (χ2v) is 11.4. The number of rotatable bonds is 2. The van der Waals surface area contributed by atoms with Gasteiger partial charge in [-0.3, -0.25) is 0 Å². The SMILES string of the molecule is C=C(C)[C@@H]1CCC23[C@H]([C@H]1c1c[nH]c4ccccc14)[C@H](C)C[C@H](O)[C@@]2(C)[C@H](C)CC[C@@H]3O. The molecule has 3 nitrogen and oxygen atoms in total. The molecule has 2 aromatic rings. The van der Waals surface area contributed by atoms with E-state index in [1.807, 2.05) is 0 Å². The predicted molar refractivity (Wildman–Crippen MR) is 127 cm³/mol. The Morgan fingerprint density at radius 3 is 2.58 bits per heavy atom. The van der Waals surface area contributed by atoms with Gasteiger partial charge in [-0.25, -0.2) is 0 Å². The number of H-pyrrole nitrogens is 1. The molecule has 1 spiro atoms. The summed E-state index contributed by atoms with van der Waals surface area (Å²) in [5, 5.41) is 24.5. The van der Waals surface area contributed by atoms with Gasteiger partial charge in [-0.2, -0.15) is 0 Å². The lowest BCUT2D eigenvalue weighted by atomic mass is 9.35. The van der Waals surface area contributed by atoms with Crippen molar-refractivity contribution in [3.05, 3.63) is 48.2 Å². The molecule has 0 aliphatic heterocycles. The first kappa shape index (κ1) is 21.3. The summed E-state index contributed by atoms with van der Waals surface area (Å²) in [5.74, 6) is 1.80. The number of aliphatic hydroxyl groups is 2. The minimum absolute atomic E-state index is 0.253. The maximum Gasteiger partial charge on any atom is 0.0605 e. The summed E-state index contributed by atoms with van der Waals surface area (Å²) in [5.41, 5.74) is 3.30. The lowest BCUT2D eigenvalue weighted by molar-refractivity contribution is -0.266. The van der Waals surface area contributed by atoms with Gasteiger partial charge in [0.25, 0.3) is 0 Å². The van der Waals surface area contributed by atoms with Gasteiger partial charge in [-0.1, -0.05) is 51.1 Å². The summed E-state index contributed by atoms with van der Waals surface area (Å²) in [7, 11) is 0. The standard InChI is InChI=1S/C28H39NO2/c1-16(2)19-12-13-28-23(30)11-10-18(4)27(28,5)24(31)14-17(3)26(28)25(19)21-15-29-22-9-7-6-8-20(21)22/h6-9,15,17-19,23-26,29-31H,1,10-14H2,2-5H3/t17-,18-,19+,23+,24+,25-,26+,27-,28?/m1/s1. The first-order valence-corrected chi connectivity index (χ1v) is 12.3. The van der Waals surface area contributed by atoms with E-state index in [2.05, 4.69) is 69.7 Å². The smallest absolute Gasteiger partial charge is 0.0605 e. The molecule has 1 aromatic heterocycles. The molecule has 31 heavy (non-hydrogen) atoms. The third kappa shape index (κ3) is 2.66. The van der Waals surface area contributed by atoms with Gasteiger partial charge in [-0.05, 0) is 80.2 Å². The average Bonchev–Trinajstić information content (AvgIpc) is 3.17. The molecule has 3 aliphatic carbocycles. The first-order valence-electron chi connectivity index (χ1n) is 12.3. The topological polar surface area (TPSA) is 56.2 Å². The lowest BCUT2D eigenvalue weighted by Crippen LogP contribution is -2.69. The van der Waals surface area contributed by atoms with E-state index in [0.29, 0.717) is 29.6 Å². The summed E-state index contributed by atoms with van der Waals surface area (Å²) in [4.78, 5) is 3.52. The van der Waals surface area contributed by atoms with Gasteiger partial charge in [-0.15, -0.1) is 0 Å². The van der Waals surface area contributed by atoms with Gasteiger partial charge in [0.2, 0.25) is 0 Å². The van der Waals surface area contributed by atoms with Crippen molar-refractivity contribution in [1.29, 1.82) is 0 Å². The number of aromatic amines is 1. The molecule has 1 heterocycles. The van der Waals surface area contributed by atoms with E-state index >= 15 is 0 Å². The number of nitrogens with one attached hydrogen (secondary N) is 1. The Bertz CT molecular complexity index is 994. The second kappa shape index (κ2) is 7.22. The minimum Gasteiger partial charge on any atom is -0.393 e. The largest absolute Gasteiger partial charge is 0.393 e. The van der Waals surface area contributed by atoms with Gasteiger partial charge >= 0.3 is 0 Å². The minimum atomic E-state index is -0.353. The van der Waals surface area contributed by atoms with E-state index in [1.165, 1.54) is 22.0 Å². The van der Waals surface area contributed by atoms with Crippen LogP contribution in [0.4, 0.5) is 0 Å². The molecule has 0 bridgehead atoms. The molecule has 0 saturated heterocycles. The highest BCUT2D eigenvalue weighted by Crippen LogP contribution is 2.72. The molecule has 1 aromatic carbocycles. The van der Waals surface area contributed by atoms with Crippen LogP contribution in [-0.4, -0.2) is 27.4 Å². The van der Waals surface area contributed by atoms with E-state index < -0.39 is 0 Å².